The molecule has 0 unspecified atom stereocenters. The van der Waals surface area contributed by atoms with Crippen LogP contribution in [0.25, 0.3) is 0 Å². The number of aromatic nitrogens is 1. The largest absolute Gasteiger partial charge is 0.444 e. The molecule has 16 heavy (non-hydrogen) atoms. The third-order valence-corrected chi connectivity index (χ3v) is 2.57. The Morgan fingerprint density at radius 1 is 1.50 bits per heavy atom. The first kappa shape index (κ1) is 11.0. The molecule has 1 N–H and O–H groups in total. The number of H-pyrrole nitrogens is 1. The van der Waals surface area contributed by atoms with Gasteiger partial charge in [0.25, 0.3) is 0 Å². The second-order valence-electron chi connectivity index (χ2n) is 5.13. The van der Waals surface area contributed by atoms with Crippen molar-refractivity contribution in [2.45, 2.75) is 39.3 Å². The molecule has 0 bridgehead atoms. The van der Waals surface area contributed by atoms with Crippen molar-refractivity contribution in [1.29, 1.82) is 0 Å². The molecule has 0 saturated heterocycles. The lowest BCUT2D eigenvalue weighted by Crippen LogP contribution is -2.39. The van der Waals surface area contributed by atoms with Gasteiger partial charge in [0.15, 0.2) is 0 Å². The van der Waals surface area contributed by atoms with Crippen molar-refractivity contribution in [3.8, 4) is 0 Å². The molecule has 2 rings (SSSR count). The summed E-state index contributed by atoms with van der Waals surface area (Å²) in [6.07, 6.45) is 2.57. The molecule has 1 aliphatic rings. The summed E-state index contributed by atoms with van der Waals surface area (Å²) < 4.78 is 5.35. The summed E-state index contributed by atoms with van der Waals surface area (Å²) >= 11 is 0. The lowest BCUT2D eigenvalue weighted by Gasteiger charge is -2.29. The fourth-order valence-corrected chi connectivity index (χ4v) is 1.83. The minimum absolute atomic E-state index is 0.223. The highest BCUT2D eigenvalue weighted by Gasteiger charge is 2.25. The van der Waals surface area contributed by atoms with Crippen molar-refractivity contribution in [2.75, 3.05) is 6.54 Å². The van der Waals surface area contributed by atoms with Gasteiger partial charge in [-0.15, -0.1) is 0 Å². The molecule has 1 amide bonds. The molecule has 1 aromatic heterocycles. The van der Waals surface area contributed by atoms with E-state index in [4.69, 9.17) is 4.74 Å². The summed E-state index contributed by atoms with van der Waals surface area (Å²) in [5.41, 5.74) is 2.01. The van der Waals surface area contributed by atoms with Crippen molar-refractivity contribution >= 4 is 6.09 Å². The molecule has 2 heterocycles. The van der Waals surface area contributed by atoms with Gasteiger partial charge >= 0.3 is 6.09 Å². The zero-order chi connectivity index (χ0) is 11.8. The minimum atomic E-state index is -0.421. The Bertz CT molecular complexity index is 390. The van der Waals surface area contributed by atoms with Gasteiger partial charge < -0.3 is 14.6 Å². The van der Waals surface area contributed by atoms with E-state index in [-0.39, 0.29) is 6.09 Å². The summed E-state index contributed by atoms with van der Waals surface area (Å²) in [6, 6.07) is 2.02. The summed E-state index contributed by atoms with van der Waals surface area (Å²) in [6.45, 7) is 7.03. The number of fused-ring (bicyclic) bond motifs is 1. The van der Waals surface area contributed by atoms with Gasteiger partial charge in [-0.3, -0.25) is 0 Å². The third-order valence-electron chi connectivity index (χ3n) is 2.57. The SMILES string of the molecule is CC(C)(C)OC(=O)N1CCc2[nH]ccc2C1. The van der Waals surface area contributed by atoms with E-state index in [2.05, 4.69) is 4.98 Å². The molecular weight excluding hydrogens is 204 g/mol. The zero-order valence-electron chi connectivity index (χ0n) is 10.0. The van der Waals surface area contributed by atoms with Crippen LogP contribution in [0, 0.1) is 0 Å². The second-order valence-corrected chi connectivity index (χ2v) is 5.13. The molecule has 4 heteroatoms. The Labute approximate surface area is 95.6 Å². The van der Waals surface area contributed by atoms with Crippen molar-refractivity contribution < 1.29 is 9.53 Å². The monoisotopic (exact) mass is 222 g/mol. The lowest BCUT2D eigenvalue weighted by molar-refractivity contribution is 0.0223. The molecule has 0 atom stereocenters. The second kappa shape index (κ2) is 3.85. The summed E-state index contributed by atoms with van der Waals surface area (Å²) in [5.74, 6) is 0. The molecule has 1 aromatic rings. The number of nitrogens with zero attached hydrogens (tertiary/aromatic N) is 1. The summed E-state index contributed by atoms with van der Waals surface area (Å²) in [4.78, 5) is 16.8. The van der Waals surface area contributed by atoms with Gasteiger partial charge in [-0.1, -0.05) is 0 Å². The van der Waals surface area contributed by atoms with E-state index in [0.717, 1.165) is 13.0 Å². The van der Waals surface area contributed by atoms with Gasteiger partial charge in [0.1, 0.15) is 5.60 Å². The fraction of sp³-hybridized carbons (Fsp3) is 0.583. The van der Waals surface area contributed by atoms with Crippen LogP contribution in [-0.2, 0) is 17.7 Å². The maximum atomic E-state index is 11.8. The Kier molecular flexibility index (Phi) is 2.66. The molecule has 0 aromatic carbocycles. The molecule has 0 aliphatic carbocycles. The van der Waals surface area contributed by atoms with E-state index < -0.39 is 5.60 Å². The molecule has 4 nitrogen and oxygen atoms in total. The molecule has 0 saturated carbocycles. The molecule has 0 radical (unpaired) electrons. The normalized spacial score (nSPS) is 15.8. The quantitative estimate of drug-likeness (QED) is 0.732. The van der Waals surface area contributed by atoms with E-state index in [9.17, 15) is 4.79 Å². The first-order valence-corrected chi connectivity index (χ1v) is 5.59. The van der Waals surface area contributed by atoms with Crippen molar-refractivity contribution in [3.05, 3.63) is 23.5 Å². The van der Waals surface area contributed by atoms with Gasteiger partial charge in [-0.05, 0) is 32.4 Å². The standard InChI is InChI=1S/C12H18N2O2/c1-12(2,3)16-11(15)14-7-5-10-9(8-14)4-6-13-10/h4,6,13H,5,7-8H2,1-3H3. The third kappa shape index (κ3) is 2.38. The van der Waals surface area contributed by atoms with E-state index in [0.29, 0.717) is 6.54 Å². The number of aromatic amines is 1. The predicted molar refractivity (Wildman–Crippen MR) is 61.1 cm³/mol. The Morgan fingerprint density at radius 2 is 2.25 bits per heavy atom. The minimum Gasteiger partial charge on any atom is -0.444 e. The van der Waals surface area contributed by atoms with Gasteiger partial charge in [-0.25, -0.2) is 4.79 Å². The maximum absolute atomic E-state index is 11.8. The van der Waals surface area contributed by atoms with E-state index in [1.165, 1.54) is 11.3 Å². The molecular formula is C12H18N2O2. The fourth-order valence-electron chi connectivity index (χ4n) is 1.83. The van der Waals surface area contributed by atoms with E-state index in [1.54, 1.807) is 4.90 Å². The highest BCUT2D eigenvalue weighted by Crippen LogP contribution is 2.19. The maximum Gasteiger partial charge on any atom is 0.410 e. The van der Waals surface area contributed by atoms with Crippen LogP contribution in [0.3, 0.4) is 0 Å². The van der Waals surface area contributed by atoms with Crippen LogP contribution in [0.5, 0.6) is 0 Å². The number of carbonyl (C=O) groups excluding carboxylic acids is 1. The molecule has 0 fully saturated rings. The molecule has 0 spiro atoms. The average molecular weight is 222 g/mol. The van der Waals surface area contributed by atoms with E-state index in [1.807, 2.05) is 33.0 Å². The van der Waals surface area contributed by atoms with Crippen LogP contribution < -0.4 is 0 Å². The van der Waals surface area contributed by atoms with Crippen molar-refractivity contribution in [1.82, 2.24) is 9.88 Å². The van der Waals surface area contributed by atoms with Crippen LogP contribution in [0.15, 0.2) is 12.3 Å². The molecule has 88 valence electrons. The average Bonchev–Trinajstić information content (AvgIpc) is 2.61. The van der Waals surface area contributed by atoms with Crippen molar-refractivity contribution in [2.24, 2.45) is 0 Å². The smallest absolute Gasteiger partial charge is 0.410 e. The Balaban J connectivity index is 2.01. The van der Waals surface area contributed by atoms with Crippen LogP contribution in [0.4, 0.5) is 4.79 Å². The van der Waals surface area contributed by atoms with Gasteiger partial charge in [0, 0.05) is 24.9 Å². The number of ether oxygens (including phenoxy) is 1. The van der Waals surface area contributed by atoms with E-state index >= 15 is 0 Å². The number of rotatable bonds is 0. The van der Waals surface area contributed by atoms with Gasteiger partial charge in [-0.2, -0.15) is 0 Å². The predicted octanol–water partition coefficient (Wildman–Crippen LogP) is 2.31. The number of carbonyl (C=O) groups is 1. The van der Waals surface area contributed by atoms with Crippen LogP contribution in [0.1, 0.15) is 32.0 Å². The Hall–Kier alpha value is -1.45. The van der Waals surface area contributed by atoms with Gasteiger partial charge in [0.05, 0.1) is 6.54 Å². The lowest BCUT2D eigenvalue weighted by atomic mass is 10.1. The number of hydrogen-bond donors (Lipinski definition) is 1. The summed E-state index contributed by atoms with van der Waals surface area (Å²) in [5, 5.41) is 0. The zero-order valence-corrected chi connectivity index (χ0v) is 10.0. The number of amides is 1. The van der Waals surface area contributed by atoms with Crippen molar-refractivity contribution in [3.63, 3.8) is 0 Å². The van der Waals surface area contributed by atoms with Gasteiger partial charge in [0.2, 0.25) is 0 Å². The highest BCUT2D eigenvalue weighted by atomic mass is 16.6. The topological polar surface area (TPSA) is 45.3 Å². The van der Waals surface area contributed by atoms with Crippen LogP contribution in [-0.4, -0.2) is 28.1 Å². The number of hydrogen-bond acceptors (Lipinski definition) is 2. The summed E-state index contributed by atoms with van der Waals surface area (Å²) in [7, 11) is 0. The highest BCUT2D eigenvalue weighted by molar-refractivity contribution is 5.68. The van der Waals surface area contributed by atoms with Crippen LogP contribution in [0.2, 0.25) is 0 Å². The first-order valence-electron chi connectivity index (χ1n) is 5.59. The van der Waals surface area contributed by atoms with Crippen LogP contribution >= 0.6 is 0 Å². The molecule has 1 aliphatic heterocycles. The first-order chi connectivity index (χ1) is 7.46. The number of nitrogens with one attached hydrogen (secondary N) is 1. The Morgan fingerprint density at radius 3 is 2.94 bits per heavy atom.